The standard InChI is InChI=1S/C16H22N2O4/c1-16(2,3)22-15(20)18-13-9-5-4-7-11(13)12(14(18)19)8-6-10-17-21/h4-5,7,9,12,17,21H,6,8,10H2,1-3H3. The van der Waals surface area contributed by atoms with Crippen molar-refractivity contribution in [1.29, 1.82) is 0 Å². The van der Waals surface area contributed by atoms with Gasteiger partial charge < -0.3 is 9.94 Å². The van der Waals surface area contributed by atoms with E-state index in [1.807, 2.05) is 12.1 Å². The molecule has 0 saturated heterocycles. The number of benzene rings is 1. The third-order valence-corrected chi connectivity index (χ3v) is 3.43. The maximum atomic E-state index is 12.6. The highest BCUT2D eigenvalue weighted by atomic mass is 16.6. The number of hydrogen-bond donors (Lipinski definition) is 2. The monoisotopic (exact) mass is 306 g/mol. The van der Waals surface area contributed by atoms with E-state index in [0.29, 0.717) is 25.1 Å². The lowest BCUT2D eigenvalue weighted by molar-refractivity contribution is -0.119. The maximum Gasteiger partial charge on any atom is 0.421 e. The molecule has 2 amide bonds. The predicted molar refractivity (Wildman–Crippen MR) is 81.9 cm³/mol. The van der Waals surface area contributed by atoms with Gasteiger partial charge in [0.15, 0.2) is 0 Å². The molecule has 0 saturated carbocycles. The van der Waals surface area contributed by atoms with Gasteiger partial charge in [0, 0.05) is 6.54 Å². The molecule has 0 aromatic heterocycles. The van der Waals surface area contributed by atoms with Crippen LogP contribution in [0.3, 0.4) is 0 Å². The van der Waals surface area contributed by atoms with E-state index >= 15 is 0 Å². The smallest absolute Gasteiger partial charge is 0.421 e. The summed E-state index contributed by atoms with van der Waals surface area (Å²) in [5.41, 5.74) is 2.83. The van der Waals surface area contributed by atoms with Gasteiger partial charge in [0.25, 0.3) is 0 Å². The van der Waals surface area contributed by atoms with E-state index in [-0.39, 0.29) is 11.8 Å². The Hall–Kier alpha value is -1.92. The van der Waals surface area contributed by atoms with Crippen LogP contribution in [0.4, 0.5) is 10.5 Å². The third kappa shape index (κ3) is 3.45. The van der Waals surface area contributed by atoms with E-state index in [0.717, 1.165) is 10.5 Å². The van der Waals surface area contributed by atoms with E-state index in [1.165, 1.54) is 0 Å². The van der Waals surface area contributed by atoms with Crippen LogP contribution in [-0.2, 0) is 9.53 Å². The number of carbonyl (C=O) groups is 2. The molecule has 0 spiro atoms. The minimum Gasteiger partial charge on any atom is -0.443 e. The molecule has 0 fully saturated rings. The largest absolute Gasteiger partial charge is 0.443 e. The zero-order valence-corrected chi connectivity index (χ0v) is 13.1. The zero-order valence-electron chi connectivity index (χ0n) is 13.1. The normalized spacial score (nSPS) is 17.5. The number of fused-ring (bicyclic) bond motifs is 1. The van der Waals surface area contributed by atoms with Crippen molar-refractivity contribution >= 4 is 17.7 Å². The van der Waals surface area contributed by atoms with Gasteiger partial charge in [-0.15, -0.1) is 0 Å². The van der Waals surface area contributed by atoms with Crippen molar-refractivity contribution < 1.29 is 19.5 Å². The van der Waals surface area contributed by atoms with Crippen molar-refractivity contribution in [2.75, 3.05) is 11.4 Å². The molecule has 0 aliphatic carbocycles. The number of anilines is 1. The van der Waals surface area contributed by atoms with E-state index < -0.39 is 11.7 Å². The summed E-state index contributed by atoms with van der Waals surface area (Å²) in [6, 6.07) is 7.25. The summed E-state index contributed by atoms with van der Waals surface area (Å²) in [5, 5.41) is 8.65. The van der Waals surface area contributed by atoms with Crippen LogP contribution in [0.5, 0.6) is 0 Å². The second-order valence-electron chi connectivity index (χ2n) is 6.32. The highest BCUT2D eigenvalue weighted by Crippen LogP contribution is 2.40. The number of carbonyl (C=O) groups excluding carboxylic acids is 2. The lowest BCUT2D eigenvalue weighted by atomic mass is 9.96. The van der Waals surface area contributed by atoms with Crippen LogP contribution < -0.4 is 10.4 Å². The summed E-state index contributed by atoms with van der Waals surface area (Å²) in [6.45, 7) is 5.70. The number of para-hydroxylation sites is 1. The van der Waals surface area contributed by atoms with Gasteiger partial charge >= 0.3 is 6.09 Å². The Kier molecular flexibility index (Phi) is 4.83. The highest BCUT2D eigenvalue weighted by Gasteiger charge is 2.41. The summed E-state index contributed by atoms with van der Waals surface area (Å²) in [7, 11) is 0. The molecule has 0 bridgehead atoms. The van der Waals surface area contributed by atoms with E-state index in [9.17, 15) is 9.59 Å². The first-order chi connectivity index (χ1) is 10.3. The fraction of sp³-hybridized carbons (Fsp3) is 0.500. The lowest BCUT2D eigenvalue weighted by Crippen LogP contribution is -2.39. The van der Waals surface area contributed by atoms with Gasteiger partial charge in [0.2, 0.25) is 5.91 Å². The molecule has 1 atom stereocenters. The lowest BCUT2D eigenvalue weighted by Gasteiger charge is -2.24. The highest BCUT2D eigenvalue weighted by molar-refractivity contribution is 6.19. The second-order valence-corrected chi connectivity index (χ2v) is 6.32. The van der Waals surface area contributed by atoms with Gasteiger partial charge in [0.1, 0.15) is 5.60 Å². The van der Waals surface area contributed by atoms with Gasteiger partial charge in [-0.1, -0.05) is 18.2 Å². The third-order valence-electron chi connectivity index (χ3n) is 3.43. The molecular formula is C16H22N2O4. The molecule has 2 N–H and O–H groups in total. The van der Waals surface area contributed by atoms with Crippen molar-refractivity contribution in [3.05, 3.63) is 29.8 Å². The van der Waals surface area contributed by atoms with Crippen molar-refractivity contribution in [3.8, 4) is 0 Å². The summed E-state index contributed by atoms with van der Waals surface area (Å²) >= 11 is 0. The first-order valence-corrected chi connectivity index (χ1v) is 7.38. The van der Waals surface area contributed by atoms with Crippen LogP contribution in [0.2, 0.25) is 0 Å². The minimum absolute atomic E-state index is 0.270. The molecule has 1 unspecified atom stereocenters. The number of nitrogens with zero attached hydrogens (tertiary/aromatic N) is 1. The van der Waals surface area contributed by atoms with Gasteiger partial charge in [-0.05, 0) is 45.2 Å². The topological polar surface area (TPSA) is 78.9 Å². The Morgan fingerprint density at radius 2 is 2.05 bits per heavy atom. The minimum atomic E-state index is -0.662. The Labute approximate surface area is 130 Å². The molecule has 1 aliphatic heterocycles. The Balaban J connectivity index is 2.25. The van der Waals surface area contributed by atoms with Crippen LogP contribution in [0.15, 0.2) is 24.3 Å². The molecule has 2 rings (SSSR count). The van der Waals surface area contributed by atoms with E-state index in [1.54, 1.807) is 32.9 Å². The van der Waals surface area contributed by atoms with Crippen LogP contribution in [0, 0.1) is 0 Å². The van der Waals surface area contributed by atoms with Gasteiger partial charge in [-0.25, -0.2) is 15.2 Å². The summed E-state index contributed by atoms with van der Waals surface area (Å²) in [4.78, 5) is 26.1. The molecule has 22 heavy (non-hydrogen) atoms. The van der Waals surface area contributed by atoms with Crippen molar-refractivity contribution in [3.63, 3.8) is 0 Å². The van der Waals surface area contributed by atoms with E-state index in [4.69, 9.17) is 9.94 Å². The molecule has 1 aliphatic rings. The van der Waals surface area contributed by atoms with Crippen molar-refractivity contribution in [2.45, 2.75) is 45.1 Å². The average Bonchev–Trinajstić information content (AvgIpc) is 2.70. The fourth-order valence-electron chi connectivity index (χ4n) is 2.55. The number of imide groups is 1. The predicted octanol–water partition coefficient (Wildman–Crippen LogP) is 2.81. The summed E-state index contributed by atoms with van der Waals surface area (Å²) < 4.78 is 5.34. The Morgan fingerprint density at radius 1 is 1.36 bits per heavy atom. The Morgan fingerprint density at radius 3 is 2.68 bits per heavy atom. The van der Waals surface area contributed by atoms with Crippen LogP contribution in [-0.4, -0.2) is 29.4 Å². The number of ether oxygens (including phenoxy) is 1. The quantitative estimate of drug-likeness (QED) is 0.660. The molecule has 1 aromatic rings. The van der Waals surface area contributed by atoms with Gasteiger partial charge in [-0.2, -0.15) is 0 Å². The number of rotatable bonds is 4. The van der Waals surface area contributed by atoms with Crippen LogP contribution in [0.1, 0.15) is 45.1 Å². The van der Waals surface area contributed by atoms with Gasteiger partial charge in [0.05, 0.1) is 11.6 Å². The SMILES string of the molecule is CC(C)(C)OC(=O)N1C(=O)C(CCCNO)c2ccccc21. The molecule has 1 aromatic carbocycles. The first-order valence-electron chi connectivity index (χ1n) is 7.38. The molecule has 6 heteroatoms. The van der Waals surface area contributed by atoms with Gasteiger partial charge in [-0.3, -0.25) is 4.79 Å². The first kappa shape index (κ1) is 16.5. The van der Waals surface area contributed by atoms with Crippen LogP contribution in [0.25, 0.3) is 0 Å². The van der Waals surface area contributed by atoms with Crippen molar-refractivity contribution in [1.82, 2.24) is 5.48 Å². The number of amides is 2. The number of hydroxylamine groups is 1. The van der Waals surface area contributed by atoms with E-state index in [2.05, 4.69) is 5.48 Å². The van der Waals surface area contributed by atoms with Crippen LogP contribution >= 0.6 is 0 Å². The molecule has 0 radical (unpaired) electrons. The Bertz CT molecular complexity index is 566. The zero-order chi connectivity index (χ0) is 16.3. The summed E-state index contributed by atoms with van der Waals surface area (Å²) in [5.74, 6) is -0.648. The molecule has 120 valence electrons. The molecular weight excluding hydrogens is 284 g/mol. The number of nitrogens with one attached hydrogen (secondary N) is 1. The average molecular weight is 306 g/mol. The molecule has 1 heterocycles. The molecule has 6 nitrogen and oxygen atoms in total. The fourth-order valence-corrected chi connectivity index (χ4v) is 2.55. The second kappa shape index (κ2) is 6.46. The number of hydrogen-bond acceptors (Lipinski definition) is 5. The van der Waals surface area contributed by atoms with Crippen molar-refractivity contribution in [2.24, 2.45) is 0 Å². The summed E-state index contributed by atoms with van der Waals surface area (Å²) in [6.07, 6.45) is 0.541. The maximum absolute atomic E-state index is 12.6.